The van der Waals surface area contributed by atoms with E-state index < -0.39 is 0 Å². The molecule has 0 heterocycles. The Morgan fingerprint density at radius 1 is 1.14 bits per heavy atom. The van der Waals surface area contributed by atoms with Gasteiger partial charge in [-0.3, -0.25) is 0 Å². The lowest BCUT2D eigenvalue weighted by atomic mass is 9.98. The minimum absolute atomic E-state index is 0.177. The van der Waals surface area contributed by atoms with Crippen LogP contribution in [0.4, 0.5) is 0 Å². The van der Waals surface area contributed by atoms with Gasteiger partial charge in [0.15, 0.2) is 0 Å². The molecule has 0 saturated heterocycles. The van der Waals surface area contributed by atoms with Crippen LogP contribution in [0.15, 0.2) is 0 Å². The van der Waals surface area contributed by atoms with E-state index in [0.717, 1.165) is 18.9 Å². The second-order valence-electron chi connectivity index (χ2n) is 4.45. The van der Waals surface area contributed by atoms with Crippen molar-refractivity contribution in [2.45, 2.75) is 65.5 Å². The fourth-order valence-corrected chi connectivity index (χ4v) is 1.54. The molecule has 0 unspecified atom stereocenters. The first-order valence-electron chi connectivity index (χ1n) is 6.01. The highest BCUT2D eigenvalue weighted by Crippen LogP contribution is 2.11. The van der Waals surface area contributed by atoms with Gasteiger partial charge in [-0.25, -0.2) is 0 Å². The third kappa shape index (κ3) is 7.34. The molecule has 2 nitrogen and oxygen atoms in total. The van der Waals surface area contributed by atoms with Crippen molar-refractivity contribution in [3.8, 4) is 0 Å². The minimum atomic E-state index is -0.177. The van der Waals surface area contributed by atoms with Crippen LogP contribution in [0, 0.1) is 5.92 Å². The van der Waals surface area contributed by atoms with Gasteiger partial charge in [-0.1, -0.05) is 27.2 Å². The van der Waals surface area contributed by atoms with E-state index in [-0.39, 0.29) is 6.10 Å². The highest BCUT2D eigenvalue weighted by Gasteiger charge is 2.09. The van der Waals surface area contributed by atoms with Gasteiger partial charge in [-0.2, -0.15) is 0 Å². The summed E-state index contributed by atoms with van der Waals surface area (Å²) in [5, 5.41) is 12.6. The third-order valence-corrected chi connectivity index (χ3v) is 2.87. The van der Waals surface area contributed by atoms with Crippen LogP contribution in [-0.2, 0) is 0 Å². The number of aliphatic hydroxyl groups is 1. The molecule has 0 aliphatic rings. The second-order valence-corrected chi connectivity index (χ2v) is 4.45. The molecule has 2 N–H and O–H groups in total. The number of hydrogen-bond acceptors (Lipinski definition) is 2. The third-order valence-electron chi connectivity index (χ3n) is 2.87. The normalized spacial score (nSPS) is 17.8. The highest BCUT2D eigenvalue weighted by molar-refractivity contribution is 4.68. The first-order valence-corrected chi connectivity index (χ1v) is 6.01. The Labute approximate surface area is 89.1 Å². The maximum Gasteiger partial charge on any atom is 0.0524 e. The molecule has 0 aliphatic carbocycles. The van der Waals surface area contributed by atoms with Crippen molar-refractivity contribution in [2.24, 2.45) is 5.92 Å². The van der Waals surface area contributed by atoms with E-state index in [0.29, 0.717) is 6.04 Å². The first kappa shape index (κ1) is 13.9. The maximum absolute atomic E-state index is 9.13. The van der Waals surface area contributed by atoms with E-state index in [4.69, 9.17) is 5.11 Å². The molecule has 86 valence electrons. The van der Waals surface area contributed by atoms with Crippen molar-refractivity contribution in [3.05, 3.63) is 0 Å². The van der Waals surface area contributed by atoms with E-state index in [1.807, 2.05) is 6.92 Å². The van der Waals surface area contributed by atoms with Crippen LogP contribution in [0.1, 0.15) is 53.4 Å². The summed E-state index contributed by atoms with van der Waals surface area (Å²) in [7, 11) is 0. The summed E-state index contributed by atoms with van der Waals surface area (Å²) in [6.45, 7) is 9.55. The van der Waals surface area contributed by atoms with Gasteiger partial charge in [0.25, 0.3) is 0 Å². The van der Waals surface area contributed by atoms with Crippen LogP contribution in [0.2, 0.25) is 0 Å². The Kier molecular flexibility index (Phi) is 8.20. The van der Waals surface area contributed by atoms with E-state index in [1.54, 1.807) is 0 Å². The van der Waals surface area contributed by atoms with Gasteiger partial charge in [-0.15, -0.1) is 0 Å². The van der Waals surface area contributed by atoms with Gasteiger partial charge in [0.05, 0.1) is 6.10 Å². The molecular formula is C12H27NO. The van der Waals surface area contributed by atoms with Crippen molar-refractivity contribution >= 4 is 0 Å². The zero-order valence-corrected chi connectivity index (χ0v) is 10.2. The molecule has 0 spiro atoms. The number of nitrogens with one attached hydrogen (secondary N) is 1. The molecule has 0 aromatic carbocycles. The number of hydrogen-bond donors (Lipinski definition) is 2. The summed E-state index contributed by atoms with van der Waals surface area (Å²) in [5.74, 6) is 0.805. The summed E-state index contributed by atoms with van der Waals surface area (Å²) in [6, 6.07) is 0.628. The van der Waals surface area contributed by atoms with E-state index >= 15 is 0 Å². The zero-order valence-electron chi connectivity index (χ0n) is 10.2. The maximum atomic E-state index is 9.13. The molecular weight excluding hydrogens is 174 g/mol. The molecule has 0 fully saturated rings. The Balaban J connectivity index is 3.57. The molecule has 0 aromatic heterocycles. The molecule has 0 rings (SSSR count). The molecule has 0 aromatic rings. The fraction of sp³-hybridized carbons (Fsp3) is 1.00. The topological polar surface area (TPSA) is 32.3 Å². The van der Waals surface area contributed by atoms with Gasteiger partial charge in [0.2, 0.25) is 0 Å². The molecule has 2 heteroatoms. The largest absolute Gasteiger partial charge is 0.393 e. The Hall–Kier alpha value is -0.0800. The molecule has 14 heavy (non-hydrogen) atoms. The van der Waals surface area contributed by atoms with Crippen LogP contribution < -0.4 is 5.32 Å². The van der Waals surface area contributed by atoms with Gasteiger partial charge in [0, 0.05) is 6.04 Å². The zero-order chi connectivity index (χ0) is 11.0. The number of aliphatic hydroxyl groups excluding tert-OH is 1. The second kappa shape index (κ2) is 8.25. The van der Waals surface area contributed by atoms with Gasteiger partial charge in [-0.05, 0) is 38.6 Å². The summed E-state index contributed by atoms with van der Waals surface area (Å²) in [5.41, 5.74) is 0. The van der Waals surface area contributed by atoms with Crippen LogP contribution in [0.3, 0.4) is 0 Å². The predicted octanol–water partition coefficient (Wildman–Crippen LogP) is 2.56. The quantitative estimate of drug-likeness (QED) is 0.632. The van der Waals surface area contributed by atoms with Crippen molar-refractivity contribution in [2.75, 3.05) is 6.54 Å². The summed E-state index contributed by atoms with van der Waals surface area (Å²) >= 11 is 0. The fourth-order valence-electron chi connectivity index (χ4n) is 1.54. The Morgan fingerprint density at radius 3 is 2.21 bits per heavy atom. The lowest BCUT2D eigenvalue weighted by Gasteiger charge is -2.20. The number of rotatable bonds is 8. The predicted molar refractivity (Wildman–Crippen MR) is 62.5 cm³/mol. The minimum Gasteiger partial charge on any atom is -0.393 e. The first-order chi connectivity index (χ1) is 6.60. The monoisotopic (exact) mass is 201 g/mol. The van der Waals surface area contributed by atoms with Gasteiger partial charge in [0.1, 0.15) is 0 Å². The lowest BCUT2D eigenvalue weighted by molar-refractivity contribution is 0.181. The summed E-state index contributed by atoms with van der Waals surface area (Å²) < 4.78 is 0. The smallest absolute Gasteiger partial charge is 0.0524 e. The van der Waals surface area contributed by atoms with Crippen LogP contribution in [0.5, 0.6) is 0 Å². The van der Waals surface area contributed by atoms with Crippen LogP contribution in [-0.4, -0.2) is 23.8 Å². The lowest BCUT2D eigenvalue weighted by Crippen LogP contribution is -2.32. The standard InChI is InChI=1S/C12H27NO/c1-5-10(3)9-12(6-2)13-8-7-11(4)14/h10-14H,5-9H2,1-4H3/t10-,11+,12-/m0/s1. The SMILES string of the molecule is CC[C@H](C)C[C@H](CC)NCC[C@@H](C)O. The van der Waals surface area contributed by atoms with Gasteiger partial charge >= 0.3 is 0 Å². The van der Waals surface area contributed by atoms with Crippen molar-refractivity contribution in [1.29, 1.82) is 0 Å². The summed E-state index contributed by atoms with van der Waals surface area (Å²) in [6.07, 6.45) is 4.38. The molecule has 0 saturated carbocycles. The molecule has 3 atom stereocenters. The molecule has 0 amide bonds. The van der Waals surface area contributed by atoms with E-state index in [9.17, 15) is 0 Å². The average Bonchev–Trinajstić information content (AvgIpc) is 2.15. The van der Waals surface area contributed by atoms with Gasteiger partial charge < -0.3 is 10.4 Å². The van der Waals surface area contributed by atoms with E-state index in [1.165, 1.54) is 19.3 Å². The Bertz CT molecular complexity index is 125. The molecule has 0 bridgehead atoms. The molecule has 0 radical (unpaired) electrons. The van der Waals surface area contributed by atoms with Crippen LogP contribution >= 0.6 is 0 Å². The van der Waals surface area contributed by atoms with Crippen molar-refractivity contribution in [3.63, 3.8) is 0 Å². The molecule has 0 aliphatic heterocycles. The van der Waals surface area contributed by atoms with Crippen LogP contribution in [0.25, 0.3) is 0 Å². The summed E-state index contributed by atoms with van der Waals surface area (Å²) in [4.78, 5) is 0. The highest BCUT2D eigenvalue weighted by atomic mass is 16.3. The Morgan fingerprint density at radius 2 is 1.79 bits per heavy atom. The average molecular weight is 201 g/mol. The van der Waals surface area contributed by atoms with E-state index in [2.05, 4.69) is 26.1 Å². The van der Waals surface area contributed by atoms with Crippen molar-refractivity contribution in [1.82, 2.24) is 5.32 Å². The van der Waals surface area contributed by atoms with Crippen molar-refractivity contribution < 1.29 is 5.11 Å².